The van der Waals surface area contributed by atoms with Gasteiger partial charge in [-0.25, -0.2) is 5.84 Å². The molecule has 0 aliphatic carbocycles. The maximum absolute atomic E-state index is 6.36. The average molecular weight is 456 g/mol. The first-order valence-corrected chi connectivity index (χ1v) is 10.7. The van der Waals surface area contributed by atoms with E-state index in [1.165, 1.54) is 5.39 Å². The number of amidine groups is 1. The van der Waals surface area contributed by atoms with E-state index in [9.17, 15) is 0 Å². The molecule has 0 saturated heterocycles. The van der Waals surface area contributed by atoms with Gasteiger partial charge < -0.3 is 15.8 Å². The van der Waals surface area contributed by atoms with Crippen molar-refractivity contribution in [2.24, 2.45) is 16.8 Å². The van der Waals surface area contributed by atoms with Crippen LogP contribution in [-0.4, -0.2) is 10.4 Å². The van der Waals surface area contributed by atoms with E-state index in [-0.39, 0.29) is 0 Å². The van der Waals surface area contributed by atoms with Gasteiger partial charge in [-0.05, 0) is 42.0 Å². The number of halogens is 2. The molecule has 8 heteroatoms. The largest absolute Gasteiger partial charge is 0.343 e. The van der Waals surface area contributed by atoms with Gasteiger partial charge in [0.2, 0.25) is 0 Å². The van der Waals surface area contributed by atoms with E-state index in [4.69, 9.17) is 34.9 Å². The number of benzene rings is 3. The summed E-state index contributed by atoms with van der Waals surface area (Å²) >= 11 is 14.0. The standard InChI is InChI=1S/C22H19Cl2N5S/c23-16-8-9-21(18(24)12-16)30-20-3-1-2-19-17(20)10-11-29(19)13-14-4-6-15(7-5-14)22(27-25)28-26/h1-12H,13,25-26H2,(H,27,28). The predicted molar refractivity (Wildman–Crippen MR) is 126 cm³/mol. The van der Waals surface area contributed by atoms with Crippen molar-refractivity contribution in [3.63, 3.8) is 0 Å². The number of fused-ring (bicyclic) bond motifs is 1. The van der Waals surface area contributed by atoms with Gasteiger partial charge in [0, 0.05) is 44.0 Å². The zero-order valence-corrected chi connectivity index (χ0v) is 18.2. The van der Waals surface area contributed by atoms with Gasteiger partial charge >= 0.3 is 0 Å². The smallest absolute Gasteiger partial charge is 0.166 e. The number of nitrogens with one attached hydrogen (secondary N) is 1. The Morgan fingerprint density at radius 2 is 1.80 bits per heavy atom. The van der Waals surface area contributed by atoms with Crippen LogP contribution in [0.1, 0.15) is 11.1 Å². The molecule has 152 valence electrons. The van der Waals surface area contributed by atoms with Crippen LogP contribution in [0.4, 0.5) is 0 Å². The molecule has 3 aromatic carbocycles. The summed E-state index contributed by atoms with van der Waals surface area (Å²) in [6.07, 6.45) is 2.10. The van der Waals surface area contributed by atoms with Crippen molar-refractivity contribution in [3.8, 4) is 0 Å². The Morgan fingerprint density at radius 3 is 2.50 bits per heavy atom. The van der Waals surface area contributed by atoms with Crippen LogP contribution < -0.4 is 17.1 Å². The number of hydrogen-bond donors (Lipinski definition) is 3. The summed E-state index contributed by atoms with van der Waals surface area (Å²) in [5.74, 6) is 11.2. The van der Waals surface area contributed by atoms with Gasteiger partial charge in [-0.15, -0.1) is 0 Å². The van der Waals surface area contributed by atoms with E-state index >= 15 is 0 Å². The summed E-state index contributed by atoms with van der Waals surface area (Å²) in [7, 11) is 0. The average Bonchev–Trinajstić information content (AvgIpc) is 3.16. The van der Waals surface area contributed by atoms with Crippen molar-refractivity contribution in [2.45, 2.75) is 16.3 Å². The molecule has 0 aliphatic heterocycles. The fourth-order valence-electron chi connectivity index (χ4n) is 3.26. The van der Waals surface area contributed by atoms with Crippen molar-refractivity contribution >= 4 is 51.7 Å². The molecule has 0 saturated carbocycles. The van der Waals surface area contributed by atoms with Crippen LogP contribution in [0.3, 0.4) is 0 Å². The van der Waals surface area contributed by atoms with Crippen molar-refractivity contribution in [1.82, 2.24) is 9.99 Å². The lowest BCUT2D eigenvalue weighted by Crippen LogP contribution is -2.32. The Morgan fingerprint density at radius 1 is 1.00 bits per heavy atom. The van der Waals surface area contributed by atoms with Crippen LogP contribution in [0.5, 0.6) is 0 Å². The second-order valence-electron chi connectivity index (χ2n) is 6.63. The number of nitrogens with two attached hydrogens (primary N) is 2. The van der Waals surface area contributed by atoms with Crippen molar-refractivity contribution < 1.29 is 0 Å². The first kappa shape index (κ1) is 20.6. The van der Waals surface area contributed by atoms with Crippen LogP contribution in [0, 0.1) is 0 Å². The summed E-state index contributed by atoms with van der Waals surface area (Å²) in [5.41, 5.74) is 5.63. The summed E-state index contributed by atoms with van der Waals surface area (Å²) in [4.78, 5) is 2.12. The van der Waals surface area contributed by atoms with Gasteiger partial charge in [0.05, 0.1) is 5.02 Å². The van der Waals surface area contributed by atoms with Crippen LogP contribution >= 0.6 is 35.0 Å². The van der Waals surface area contributed by atoms with Crippen LogP contribution in [0.2, 0.25) is 10.0 Å². The summed E-state index contributed by atoms with van der Waals surface area (Å²) in [6.45, 7) is 0.741. The molecular weight excluding hydrogens is 437 g/mol. The minimum absolute atomic E-state index is 0.440. The molecule has 0 bridgehead atoms. The molecule has 4 rings (SSSR count). The van der Waals surface area contributed by atoms with Gasteiger partial charge in [-0.1, -0.05) is 65.3 Å². The van der Waals surface area contributed by atoms with Gasteiger partial charge in [0.15, 0.2) is 5.84 Å². The molecule has 4 aromatic rings. The lowest BCUT2D eigenvalue weighted by molar-refractivity contribution is 0.836. The minimum Gasteiger partial charge on any atom is -0.343 e. The molecule has 0 unspecified atom stereocenters. The molecule has 30 heavy (non-hydrogen) atoms. The van der Waals surface area contributed by atoms with E-state index in [1.54, 1.807) is 17.8 Å². The fraction of sp³-hybridized carbons (Fsp3) is 0.0455. The predicted octanol–water partition coefficient (Wildman–Crippen LogP) is 5.23. The second kappa shape index (κ2) is 9.02. The van der Waals surface area contributed by atoms with Crippen molar-refractivity contribution in [3.05, 3.63) is 94.1 Å². The third-order valence-corrected chi connectivity index (χ3v) is 6.55. The number of hydrazine groups is 1. The third kappa shape index (κ3) is 4.27. The summed E-state index contributed by atoms with van der Waals surface area (Å²) in [5, 5.41) is 6.09. The van der Waals surface area contributed by atoms with E-state index in [0.29, 0.717) is 15.9 Å². The number of hydrazone groups is 1. The highest BCUT2D eigenvalue weighted by molar-refractivity contribution is 7.99. The molecule has 0 atom stereocenters. The van der Waals surface area contributed by atoms with Crippen LogP contribution in [0.25, 0.3) is 10.9 Å². The molecule has 0 spiro atoms. The quantitative estimate of drug-likeness (QED) is 0.166. The van der Waals surface area contributed by atoms with Crippen LogP contribution in [-0.2, 0) is 6.54 Å². The number of hydrogen-bond acceptors (Lipinski definition) is 4. The van der Waals surface area contributed by atoms with Gasteiger partial charge in [0.25, 0.3) is 0 Å². The van der Waals surface area contributed by atoms with Crippen molar-refractivity contribution in [2.75, 3.05) is 0 Å². The van der Waals surface area contributed by atoms with Crippen LogP contribution in [0.15, 0.2) is 87.8 Å². The zero-order valence-electron chi connectivity index (χ0n) is 15.8. The summed E-state index contributed by atoms with van der Waals surface area (Å²) in [6, 6.07) is 21.9. The normalized spacial score (nSPS) is 11.8. The molecule has 5 nitrogen and oxygen atoms in total. The third-order valence-electron chi connectivity index (χ3n) is 4.73. The lowest BCUT2D eigenvalue weighted by Gasteiger charge is -2.10. The number of nitrogens with zero attached hydrogens (tertiary/aromatic N) is 2. The molecule has 0 radical (unpaired) electrons. The maximum Gasteiger partial charge on any atom is 0.166 e. The molecule has 0 fully saturated rings. The van der Waals surface area contributed by atoms with E-state index in [0.717, 1.165) is 33.0 Å². The monoisotopic (exact) mass is 455 g/mol. The first-order chi connectivity index (χ1) is 14.6. The minimum atomic E-state index is 0.440. The molecular formula is C22H19Cl2N5S. The Hall–Kier alpha value is -2.64. The SMILES string of the molecule is N/N=C(\NN)c1ccc(Cn2ccc3c(Sc4ccc(Cl)cc4Cl)cccc32)cc1. The lowest BCUT2D eigenvalue weighted by atomic mass is 10.1. The summed E-state index contributed by atoms with van der Waals surface area (Å²) < 4.78 is 2.22. The van der Waals surface area contributed by atoms with E-state index < -0.39 is 0 Å². The molecule has 1 heterocycles. The fourth-order valence-corrected chi connectivity index (χ4v) is 4.74. The van der Waals surface area contributed by atoms with E-state index in [2.05, 4.69) is 45.6 Å². The molecule has 0 amide bonds. The van der Waals surface area contributed by atoms with E-state index in [1.807, 2.05) is 36.4 Å². The second-order valence-corrected chi connectivity index (χ2v) is 8.56. The van der Waals surface area contributed by atoms with Gasteiger partial charge in [-0.2, -0.15) is 5.10 Å². The molecule has 0 aliphatic rings. The van der Waals surface area contributed by atoms with Gasteiger partial charge in [0.1, 0.15) is 0 Å². The molecule has 1 aromatic heterocycles. The van der Waals surface area contributed by atoms with Gasteiger partial charge in [-0.3, -0.25) is 0 Å². The first-order valence-electron chi connectivity index (χ1n) is 9.13. The Balaban J connectivity index is 1.60. The topological polar surface area (TPSA) is 81.4 Å². The maximum atomic E-state index is 6.36. The highest BCUT2D eigenvalue weighted by atomic mass is 35.5. The number of aromatic nitrogens is 1. The Kier molecular flexibility index (Phi) is 6.20. The highest BCUT2D eigenvalue weighted by Crippen LogP contribution is 2.38. The Bertz CT molecular complexity index is 1220. The highest BCUT2D eigenvalue weighted by Gasteiger charge is 2.10. The van der Waals surface area contributed by atoms with Crippen molar-refractivity contribution in [1.29, 1.82) is 0 Å². The molecule has 5 N–H and O–H groups in total. The zero-order chi connectivity index (χ0) is 21.1. The number of rotatable bonds is 5. The Labute approximate surface area is 188 Å².